The fourth-order valence-electron chi connectivity index (χ4n) is 3.89. The Balaban J connectivity index is 1.84. The first kappa shape index (κ1) is 22.2. The number of hydrogen-bond acceptors (Lipinski definition) is 5. The molecule has 1 aromatic heterocycles. The predicted molar refractivity (Wildman–Crippen MR) is 121 cm³/mol. The summed E-state index contributed by atoms with van der Waals surface area (Å²) in [6.07, 6.45) is 3.23. The van der Waals surface area contributed by atoms with Crippen LogP contribution in [0, 0.1) is 12.7 Å². The molecule has 1 aliphatic rings. The first-order chi connectivity index (χ1) is 15.9. The first-order valence-electron chi connectivity index (χ1n) is 10.6. The van der Waals surface area contributed by atoms with E-state index in [0.717, 1.165) is 11.6 Å². The van der Waals surface area contributed by atoms with Gasteiger partial charge in [0.25, 0.3) is 11.7 Å². The van der Waals surface area contributed by atoms with Gasteiger partial charge in [0.1, 0.15) is 17.3 Å². The number of aryl methyl sites for hydroxylation is 1. The quantitative estimate of drug-likeness (QED) is 0.341. The van der Waals surface area contributed by atoms with Crippen LogP contribution in [0.25, 0.3) is 5.76 Å². The molecule has 7 heteroatoms. The standard InChI is InChI=1S/C26H23FN2O4/c1-3-33-20-10-8-18(9-11-20)23-22(24(30)19-7-6-16(2)21(27)13-19)25(31)26(32)29(23)15-17-5-4-12-28-14-17/h4-14,23,30H,3,15H2,1-2H3. The minimum atomic E-state index is -0.856. The SMILES string of the molecule is CCOc1ccc(C2C(=C(O)c3ccc(C)c(F)c3)C(=O)C(=O)N2Cc2cccnc2)cc1. The Morgan fingerprint density at radius 1 is 1.15 bits per heavy atom. The van der Waals surface area contributed by atoms with Crippen molar-refractivity contribution in [1.82, 2.24) is 9.88 Å². The molecule has 1 atom stereocenters. The highest BCUT2D eigenvalue weighted by molar-refractivity contribution is 6.46. The van der Waals surface area contributed by atoms with Gasteiger partial charge in [-0.1, -0.05) is 30.3 Å². The molecule has 1 saturated heterocycles. The molecule has 0 saturated carbocycles. The zero-order valence-corrected chi connectivity index (χ0v) is 18.3. The molecule has 1 N–H and O–H groups in total. The van der Waals surface area contributed by atoms with Crippen LogP contribution in [0.1, 0.15) is 35.2 Å². The molecule has 4 rings (SSSR count). The van der Waals surface area contributed by atoms with Gasteiger partial charge in [-0.25, -0.2) is 4.39 Å². The first-order valence-corrected chi connectivity index (χ1v) is 10.6. The van der Waals surface area contributed by atoms with E-state index in [1.807, 2.05) is 6.92 Å². The molecular formula is C26H23FN2O4. The number of aliphatic hydroxyl groups is 1. The number of hydrogen-bond donors (Lipinski definition) is 1. The van der Waals surface area contributed by atoms with Crippen LogP contribution in [-0.4, -0.2) is 33.3 Å². The van der Waals surface area contributed by atoms with Crippen molar-refractivity contribution >= 4 is 17.4 Å². The van der Waals surface area contributed by atoms with Crippen LogP contribution in [-0.2, 0) is 16.1 Å². The van der Waals surface area contributed by atoms with Crippen molar-refractivity contribution in [2.45, 2.75) is 26.4 Å². The number of carbonyl (C=O) groups is 2. The van der Waals surface area contributed by atoms with Gasteiger partial charge in [0.15, 0.2) is 0 Å². The monoisotopic (exact) mass is 446 g/mol. The molecule has 2 aromatic carbocycles. The van der Waals surface area contributed by atoms with Gasteiger partial charge in [0.2, 0.25) is 0 Å². The highest BCUT2D eigenvalue weighted by Gasteiger charge is 2.46. The lowest BCUT2D eigenvalue weighted by molar-refractivity contribution is -0.140. The van der Waals surface area contributed by atoms with Gasteiger partial charge in [-0.3, -0.25) is 14.6 Å². The van der Waals surface area contributed by atoms with Crippen molar-refractivity contribution in [3.05, 3.63) is 101 Å². The number of ether oxygens (including phenoxy) is 1. The summed E-state index contributed by atoms with van der Waals surface area (Å²) in [6.45, 7) is 4.09. The maximum atomic E-state index is 14.2. The Kier molecular flexibility index (Phi) is 6.22. The van der Waals surface area contributed by atoms with Crippen molar-refractivity contribution < 1.29 is 23.8 Å². The Morgan fingerprint density at radius 3 is 2.55 bits per heavy atom. The van der Waals surface area contributed by atoms with Gasteiger partial charge in [0.05, 0.1) is 18.2 Å². The number of rotatable bonds is 6. The van der Waals surface area contributed by atoms with E-state index in [4.69, 9.17) is 4.74 Å². The Morgan fingerprint density at radius 2 is 1.91 bits per heavy atom. The van der Waals surface area contributed by atoms with Crippen LogP contribution in [0.5, 0.6) is 5.75 Å². The summed E-state index contributed by atoms with van der Waals surface area (Å²) >= 11 is 0. The minimum absolute atomic E-state index is 0.0868. The van der Waals surface area contributed by atoms with E-state index in [-0.39, 0.29) is 17.7 Å². The molecule has 2 heterocycles. The summed E-state index contributed by atoms with van der Waals surface area (Å²) in [4.78, 5) is 31.6. The minimum Gasteiger partial charge on any atom is -0.507 e. The van der Waals surface area contributed by atoms with Gasteiger partial charge in [-0.2, -0.15) is 0 Å². The van der Waals surface area contributed by atoms with E-state index >= 15 is 0 Å². The summed E-state index contributed by atoms with van der Waals surface area (Å²) < 4.78 is 19.7. The third-order valence-electron chi connectivity index (χ3n) is 5.57. The number of ketones is 1. The molecule has 1 aliphatic heterocycles. The maximum Gasteiger partial charge on any atom is 0.295 e. The van der Waals surface area contributed by atoms with Crippen LogP contribution >= 0.6 is 0 Å². The Labute approximate surface area is 191 Å². The topological polar surface area (TPSA) is 79.7 Å². The van der Waals surface area contributed by atoms with Crippen molar-refractivity contribution in [3.63, 3.8) is 0 Å². The fraction of sp³-hybridized carbons (Fsp3) is 0.192. The molecule has 6 nitrogen and oxygen atoms in total. The van der Waals surface area contributed by atoms with Crippen molar-refractivity contribution in [2.24, 2.45) is 0 Å². The average molecular weight is 446 g/mol. The van der Waals surface area contributed by atoms with E-state index in [1.165, 1.54) is 17.0 Å². The number of nitrogens with zero attached hydrogens (tertiary/aromatic N) is 2. The lowest BCUT2D eigenvalue weighted by Crippen LogP contribution is -2.29. The van der Waals surface area contributed by atoms with Gasteiger partial charge in [-0.05, 0) is 54.8 Å². The molecule has 168 valence electrons. The highest BCUT2D eigenvalue weighted by atomic mass is 19.1. The van der Waals surface area contributed by atoms with Crippen molar-refractivity contribution in [1.29, 1.82) is 0 Å². The van der Waals surface area contributed by atoms with E-state index in [2.05, 4.69) is 4.98 Å². The molecule has 1 fully saturated rings. The smallest absolute Gasteiger partial charge is 0.295 e. The number of carbonyl (C=O) groups excluding carboxylic acids is 2. The van der Waals surface area contributed by atoms with Crippen LogP contribution in [0.3, 0.4) is 0 Å². The van der Waals surface area contributed by atoms with Gasteiger partial charge in [0, 0.05) is 24.5 Å². The van der Waals surface area contributed by atoms with Crippen molar-refractivity contribution in [2.75, 3.05) is 6.61 Å². The van der Waals surface area contributed by atoms with E-state index in [1.54, 1.807) is 55.7 Å². The van der Waals surface area contributed by atoms with Crippen LogP contribution in [0.4, 0.5) is 4.39 Å². The molecule has 1 amide bonds. The number of halogens is 1. The molecular weight excluding hydrogens is 423 g/mol. The largest absolute Gasteiger partial charge is 0.507 e. The number of Topliss-reactive ketones (excluding diaryl/α,β-unsaturated/α-hetero) is 1. The summed E-state index contributed by atoms with van der Waals surface area (Å²) in [6, 6.07) is 13.9. The normalized spacial score (nSPS) is 17.4. The summed E-state index contributed by atoms with van der Waals surface area (Å²) in [5, 5.41) is 11.1. The molecule has 0 spiro atoms. The summed E-state index contributed by atoms with van der Waals surface area (Å²) in [5.41, 5.74) is 1.81. The van der Waals surface area contributed by atoms with Crippen molar-refractivity contribution in [3.8, 4) is 5.75 Å². The number of amides is 1. The number of likely N-dealkylation sites (tertiary alicyclic amines) is 1. The van der Waals surface area contributed by atoms with E-state index in [9.17, 15) is 19.1 Å². The van der Waals surface area contributed by atoms with Gasteiger partial charge >= 0.3 is 0 Å². The van der Waals surface area contributed by atoms with Crippen LogP contribution < -0.4 is 4.74 Å². The number of aliphatic hydroxyl groups excluding tert-OH is 1. The lowest BCUT2D eigenvalue weighted by atomic mass is 9.94. The fourth-order valence-corrected chi connectivity index (χ4v) is 3.89. The Bertz CT molecular complexity index is 1220. The molecule has 33 heavy (non-hydrogen) atoms. The van der Waals surface area contributed by atoms with Gasteiger partial charge < -0.3 is 14.7 Å². The summed E-state index contributed by atoms with van der Waals surface area (Å²) in [5.74, 6) is -1.85. The number of aromatic nitrogens is 1. The second kappa shape index (κ2) is 9.24. The third-order valence-corrected chi connectivity index (χ3v) is 5.57. The predicted octanol–water partition coefficient (Wildman–Crippen LogP) is 4.55. The molecule has 3 aromatic rings. The molecule has 0 aliphatic carbocycles. The molecule has 0 radical (unpaired) electrons. The molecule has 1 unspecified atom stereocenters. The number of benzene rings is 2. The Hall–Kier alpha value is -4.00. The molecule has 0 bridgehead atoms. The van der Waals surface area contributed by atoms with E-state index < -0.39 is 29.3 Å². The second-order valence-corrected chi connectivity index (χ2v) is 7.75. The zero-order chi connectivity index (χ0) is 23.5. The zero-order valence-electron chi connectivity index (χ0n) is 18.3. The average Bonchev–Trinajstić information content (AvgIpc) is 3.07. The lowest BCUT2D eigenvalue weighted by Gasteiger charge is -2.25. The number of pyridine rings is 1. The van der Waals surface area contributed by atoms with Crippen LogP contribution in [0.15, 0.2) is 72.6 Å². The van der Waals surface area contributed by atoms with Gasteiger partial charge in [-0.15, -0.1) is 0 Å². The highest BCUT2D eigenvalue weighted by Crippen LogP contribution is 2.40. The third kappa shape index (κ3) is 4.35. The van der Waals surface area contributed by atoms with E-state index in [0.29, 0.717) is 23.5 Å². The second-order valence-electron chi connectivity index (χ2n) is 7.75. The maximum absolute atomic E-state index is 14.2. The van der Waals surface area contributed by atoms with Crippen LogP contribution in [0.2, 0.25) is 0 Å². The summed E-state index contributed by atoms with van der Waals surface area (Å²) in [7, 11) is 0.